The molecule has 2 N–H and O–H groups in total. The lowest BCUT2D eigenvalue weighted by Gasteiger charge is -2.12. The maximum atomic E-state index is 12.7. The third-order valence-electron chi connectivity index (χ3n) is 4.75. The molecule has 0 saturated carbocycles. The first-order valence-corrected chi connectivity index (χ1v) is 11.9. The number of carbonyl (C=O) groups excluding carboxylic acids is 1. The molecule has 184 valence electrons. The Bertz CT molecular complexity index is 1310. The van der Waals surface area contributed by atoms with Gasteiger partial charge in [-0.25, -0.2) is 18.4 Å². The fraction of sp³-hybridized carbons (Fsp3) is 0.208. The van der Waals surface area contributed by atoms with E-state index in [9.17, 15) is 13.2 Å². The average Bonchev–Trinajstić information content (AvgIpc) is 2.81. The Morgan fingerprint density at radius 1 is 0.914 bits per heavy atom. The molecular formula is C24H26N4O6S. The minimum Gasteiger partial charge on any atom is -0.493 e. The number of rotatable bonds is 9. The van der Waals surface area contributed by atoms with E-state index in [1.165, 1.54) is 51.7 Å². The van der Waals surface area contributed by atoms with E-state index >= 15 is 0 Å². The Labute approximate surface area is 204 Å². The molecule has 0 aliphatic carbocycles. The molecule has 35 heavy (non-hydrogen) atoms. The lowest BCUT2D eigenvalue weighted by molar-refractivity contribution is -0.111. The van der Waals surface area contributed by atoms with Gasteiger partial charge in [-0.1, -0.05) is 0 Å². The van der Waals surface area contributed by atoms with E-state index in [0.717, 1.165) is 0 Å². The number of anilines is 2. The molecule has 3 aromatic rings. The van der Waals surface area contributed by atoms with Crippen LogP contribution in [-0.2, 0) is 14.8 Å². The van der Waals surface area contributed by atoms with Gasteiger partial charge in [0.2, 0.25) is 11.7 Å². The van der Waals surface area contributed by atoms with Crippen LogP contribution in [0.4, 0.5) is 11.5 Å². The summed E-state index contributed by atoms with van der Waals surface area (Å²) in [6.07, 6.45) is 2.93. The molecule has 2 aromatic carbocycles. The average molecular weight is 499 g/mol. The second kappa shape index (κ2) is 10.9. The van der Waals surface area contributed by atoms with E-state index in [1.54, 1.807) is 38.1 Å². The Morgan fingerprint density at radius 3 is 2.09 bits per heavy atom. The molecule has 0 spiro atoms. The predicted octanol–water partition coefficient (Wildman–Crippen LogP) is 3.57. The predicted molar refractivity (Wildman–Crippen MR) is 133 cm³/mol. The van der Waals surface area contributed by atoms with Crippen LogP contribution in [0.15, 0.2) is 53.4 Å². The minimum atomic E-state index is -3.86. The van der Waals surface area contributed by atoms with E-state index in [-0.39, 0.29) is 10.7 Å². The zero-order valence-corrected chi connectivity index (χ0v) is 20.8. The first-order valence-electron chi connectivity index (χ1n) is 10.4. The van der Waals surface area contributed by atoms with Crippen molar-refractivity contribution in [3.05, 3.63) is 65.6 Å². The van der Waals surface area contributed by atoms with Gasteiger partial charge < -0.3 is 19.5 Å². The fourth-order valence-electron chi connectivity index (χ4n) is 3.24. The summed E-state index contributed by atoms with van der Waals surface area (Å²) in [7, 11) is 0.662. The zero-order valence-electron chi connectivity index (χ0n) is 19.9. The van der Waals surface area contributed by atoms with Crippen LogP contribution in [0.5, 0.6) is 17.2 Å². The van der Waals surface area contributed by atoms with E-state index in [1.807, 2.05) is 0 Å². The summed E-state index contributed by atoms with van der Waals surface area (Å²) in [5, 5.41) is 2.69. The van der Waals surface area contributed by atoms with Gasteiger partial charge in [-0.2, -0.15) is 0 Å². The van der Waals surface area contributed by atoms with Crippen LogP contribution < -0.4 is 24.2 Å². The molecule has 0 aliphatic rings. The van der Waals surface area contributed by atoms with Crippen molar-refractivity contribution in [3.8, 4) is 17.2 Å². The molecule has 1 heterocycles. The molecule has 0 radical (unpaired) electrons. The number of amides is 1. The summed E-state index contributed by atoms with van der Waals surface area (Å²) < 4.78 is 43.7. The molecule has 11 heteroatoms. The first-order chi connectivity index (χ1) is 16.6. The van der Waals surface area contributed by atoms with Gasteiger partial charge in [-0.3, -0.25) is 9.52 Å². The number of aryl methyl sites for hydroxylation is 2. The highest BCUT2D eigenvalue weighted by atomic mass is 32.2. The van der Waals surface area contributed by atoms with Crippen LogP contribution in [0, 0.1) is 13.8 Å². The molecule has 0 atom stereocenters. The zero-order chi connectivity index (χ0) is 25.6. The van der Waals surface area contributed by atoms with Crippen molar-refractivity contribution < 1.29 is 27.4 Å². The summed E-state index contributed by atoms with van der Waals surface area (Å²) in [6.45, 7) is 3.43. The number of hydrogen-bond donors (Lipinski definition) is 2. The van der Waals surface area contributed by atoms with Gasteiger partial charge in [0.05, 0.1) is 26.2 Å². The molecule has 0 saturated heterocycles. The highest BCUT2D eigenvalue weighted by molar-refractivity contribution is 7.92. The van der Waals surface area contributed by atoms with Gasteiger partial charge in [0, 0.05) is 23.5 Å². The van der Waals surface area contributed by atoms with Crippen molar-refractivity contribution in [1.82, 2.24) is 9.97 Å². The van der Waals surface area contributed by atoms with Gasteiger partial charge in [-0.15, -0.1) is 0 Å². The van der Waals surface area contributed by atoms with Crippen LogP contribution in [-0.4, -0.2) is 45.6 Å². The summed E-state index contributed by atoms with van der Waals surface area (Å²) in [6, 6.07) is 10.7. The van der Waals surface area contributed by atoms with Crippen molar-refractivity contribution >= 4 is 33.5 Å². The molecule has 1 aromatic heterocycles. The number of aromatic nitrogens is 2. The van der Waals surface area contributed by atoms with Crippen molar-refractivity contribution in [1.29, 1.82) is 0 Å². The second-order valence-electron chi connectivity index (χ2n) is 7.35. The lowest BCUT2D eigenvalue weighted by atomic mass is 10.1. The first kappa shape index (κ1) is 25.5. The number of nitrogens with zero attached hydrogens (tertiary/aromatic N) is 2. The van der Waals surface area contributed by atoms with E-state index in [2.05, 4.69) is 20.0 Å². The number of ether oxygens (including phenoxy) is 3. The Hall–Kier alpha value is -4.12. The normalized spacial score (nSPS) is 11.2. The SMILES string of the molecule is COc1cc(C=CC(=O)Nc2ccc(S(=O)(=O)Nc3cc(C)nc(C)n3)cc2)cc(OC)c1OC. The highest BCUT2D eigenvalue weighted by Crippen LogP contribution is 2.38. The van der Waals surface area contributed by atoms with Crippen LogP contribution >= 0.6 is 0 Å². The van der Waals surface area contributed by atoms with Crippen molar-refractivity contribution in [2.75, 3.05) is 31.4 Å². The smallest absolute Gasteiger partial charge is 0.263 e. The van der Waals surface area contributed by atoms with Crippen molar-refractivity contribution in [2.45, 2.75) is 18.7 Å². The lowest BCUT2D eigenvalue weighted by Crippen LogP contribution is -2.15. The molecule has 1 amide bonds. The molecule has 0 bridgehead atoms. The van der Waals surface area contributed by atoms with Gasteiger partial charge in [0.1, 0.15) is 11.6 Å². The van der Waals surface area contributed by atoms with Gasteiger partial charge in [0.25, 0.3) is 10.0 Å². The van der Waals surface area contributed by atoms with Crippen molar-refractivity contribution in [3.63, 3.8) is 0 Å². The number of benzene rings is 2. The number of nitrogens with one attached hydrogen (secondary N) is 2. The van der Waals surface area contributed by atoms with Crippen LogP contribution in [0.25, 0.3) is 6.08 Å². The summed E-state index contributed by atoms with van der Waals surface area (Å²) in [5.74, 6) is 1.62. The minimum absolute atomic E-state index is 0.0254. The number of sulfonamides is 1. The van der Waals surface area contributed by atoms with E-state index in [4.69, 9.17) is 14.2 Å². The monoisotopic (exact) mass is 498 g/mol. The van der Waals surface area contributed by atoms with Crippen molar-refractivity contribution in [2.24, 2.45) is 0 Å². The molecule has 3 rings (SSSR count). The quantitative estimate of drug-likeness (QED) is 0.429. The Kier molecular flexibility index (Phi) is 7.92. The Morgan fingerprint density at radius 2 is 1.54 bits per heavy atom. The van der Waals surface area contributed by atoms with Crippen LogP contribution in [0.1, 0.15) is 17.1 Å². The van der Waals surface area contributed by atoms with Crippen LogP contribution in [0.3, 0.4) is 0 Å². The third kappa shape index (κ3) is 6.48. The van der Waals surface area contributed by atoms with Crippen LogP contribution in [0.2, 0.25) is 0 Å². The second-order valence-corrected chi connectivity index (χ2v) is 9.04. The molecular weight excluding hydrogens is 472 g/mol. The molecule has 10 nitrogen and oxygen atoms in total. The summed E-state index contributed by atoms with van der Waals surface area (Å²) in [5.41, 5.74) is 1.74. The number of carbonyl (C=O) groups is 1. The van der Waals surface area contributed by atoms with Gasteiger partial charge in [-0.05, 0) is 61.9 Å². The third-order valence-corrected chi connectivity index (χ3v) is 6.12. The van der Waals surface area contributed by atoms with Gasteiger partial charge in [0.15, 0.2) is 11.5 Å². The number of methoxy groups -OCH3 is 3. The summed E-state index contributed by atoms with van der Waals surface area (Å²) in [4.78, 5) is 20.6. The largest absolute Gasteiger partial charge is 0.493 e. The van der Waals surface area contributed by atoms with Gasteiger partial charge >= 0.3 is 0 Å². The summed E-state index contributed by atoms with van der Waals surface area (Å²) >= 11 is 0. The maximum absolute atomic E-state index is 12.7. The molecule has 0 aliphatic heterocycles. The van der Waals surface area contributed by atoms with E-state index in [0.29, 0.717) is 40.0 Å². The topological polar surface area (TPSA) is 129 Å². The molecule has 0 fully saturated rings. The molecule has 0 unspecified atom stereocenters. The van der Waals surface area contributed by atoms with E-state index < -0.39 is 15.9 Å². The fourth-order valence-corrected chi connectivity index (χ4v) is 4.23. The highest BCUT2D eigenvalue weighted by Gasteiger charge is 2.16. The standard InChI is InChI=1S/C24H26N4O6S/c1-15-12-22(26-16(2)25-15)28-35(30,31)19-9-7-18(8-10-19)27-23(29)11-6-17-13-20(32-3)24(34-5)21(14-17)33-4/h6-14H,1-5H3,(H,27,29)(H,25,26,28). The maximum Gasteiger partial charge on any atom is 0.263 e. The Balaban J connectivity index is 1.69. The number of hydrogen-bond acceptors (Lipinski definition) is 8.